The highest BCUT2D eigenvalue weighted by Crippen LogP contribution is 2.43. The Hall–Kier alpha value is -5.09. The van der Waals surface area contributed by atoms with Gasteiger partial charge < -0.3 is 34.8 Å². The summed E-state index contributed by atoms with van der Waals surface area (Å²) >= 11 is 0. The number of nitrogens with two attached hydrogens (primary N) is 1. The van der Waals surface area contributed by atoms with Gasteiger partial charge in [0.25, 0.3) is 11.8 Å². The molecule has 6 N–H and O–H groups in total. The van der Waals surface area contributed by atoms with Gasteiger partial charge in [-0.2, -0.15) is 0 Å². The van der Waals surface area contributed by atoms with E-state index < -0.39 is 48.2 Å². The van der Waals surface area contributed by atoms with Crippen LogP contribution in [0.15, 0.2) is 36.4 Å². The number of hydrogen-bond donors (Lipinski definition) is 5. The van der Waals surface area contributed by atoms with Crippen LogP contribution < -0.4 is 15.6 Å². The molecule has 56 heavy (non-hydrogen) atoms. The Morgan fingerprint density at radius 1 is 1.04 bits per heavy atom. The number of imidazole rings is 1. The van der Waals surface area contributed by atoms with E-state index in [1.165, 1.54) is 6.07 Å². The fraction of sp³-hybridized carbons (Fsp3) is 0.474. The summed E-state index contributed by atoms with van der Waals surface area (Å²) in [7, 11) is -4.93. The van der Waals surface area contributed by atoms with E-state index in [-0.39, 0.29) is 50.4 Å². The molecule has 0 spiro atoms. The fourth-order valence-corrected chi connectivity index (χ4v) is 6.84. The van der Waals surface area contributed by atoms with Crippen LogP contribution in [0.4, 0.5) is 5.82 Å². The lowest BCUT2D eigenvalue weighted by molar-refractivity contribution is -0.197. The van der Waals surface area contributed by atoms with Gasteiger partial charge in [0.1, 0.15) is 11.3 Å². The molecule has 1 aliphatic heterocycles. The number of ether oxygens (including phenoxy) is 1. The van der Waals surface area contributed by atoms with Crippen molar-refractivity contribution in [3.63, 3.8) is 0 Å². The van der Waals surface area contributed by atoms with E-state index in [1.807, 2.05) is 22.8 Å². The van der Waals surface area contributed by atoms with E-state index in [0.29, 0.717) is 52.4 Å². The summed E-state index contributed by atoms with van der Waals surface area (Å²) in [5.74, 6) is -2.22. The SMILES string of the molecule is CCCCc1nc2c(N)nc3ccc(C(C)(C)CCOCC(C)(C)NC(=O)CCC(=O)ON4C(=O)CCC4=O)cc3c2n1Cc1cccc(OP(=O)(O)O)c1O. The molecule has 2 aromatic heterocycles. The van der Waals surface area contributed by atoms with Crippen LogP contribution in [0.25, 0.3) is 21.9 Å². The Morgan fingerprint density at radius 3 is 2.43 bits per heavy atom. The highest BCUT2D eigenvalue weighted by molar-refractivity contribution is 7.46. The maximum Gasteiger partial charge on any atom is 0.524 e. The second-order valence-electron chi connectivity index (χ2n) is 15.2. The fourth-order valence-electron chi connectivity index (χ4n) is 6.44. The summed E-state index contributed by atoms with van der Waals surface area (Å²) < 4.78 is 24.3. The van der Waals surface area contributed by atoms with Crippen LogP contribution >= 0.6 is 7.82 Å². The third kappa shape index (κ3) is 10.2. The molecule has 3 heterocycles. The molecule has 18 heteroatoms. The third-order valence-electron chi connectivity index (χ3n) is 9.51. The first-order valence-electron chi connectivity index (χ1n) is 18.4. The Balaban J connectivity index is 1.29. The number of aromatic nitrogens is 3. The number of nitrogens with zero attached hydrogens (tertiary/aromatic N) is 4. The normalized spacial score (nSPS) is 13.9. The molecule has 0 atom stereocenters. The second-order valence-corrected chi connectivity index (χ2v) is 16.3. The van der Waals surface area contributed by atoms with Crippen molar-refractivity contribution >= 4 is 59.3 Å². The third-order valence-corrected chi connectivity index (χ3v) is 9.95. The Bertz CT molecular complexity index is 2180. The first kappa shape index (κ1) is 42.1. The molecule has 0 aliphatic carbocycles. The molecule has 4 aromatic rings. The van der Waals surface area contributed by atoms with Gasteiger partial charge in [-0.1, -0.05) is 45.4 Å². The van der Waals surface area contributed by atoms with E-state index in [0.717, 1.165) is 23.8 Å². The lowest BCUT2D eigenvalue weighted by Crippen LogP contribution is -2.47. The summed E-state index contributed by atoms with van der Waals surface area (Å²) in [5, 5.41) is 15.1. The zero-order chi connectivity index (χ0) is 41.0. The van der Waals surface area contributed by atoms with Gasteiger partial charge in [-0.05, 0) is 55.9 Å². The van der Waals surface area contributed by atoms with Crippen molar-refractivity contribution < 1.29 is 52.7 Å². The lowest BCUT2D eigenvalue weighted by atomic mass is 9.81. The number of nitrogen functional groups attached to an aromatic ring is 1. The Morgan fingerprint density at radius 2 is 1.75 bits per heavy atom. The molecule has 1 saturated heterocycles. The molecular weight excluding hydrogens is 747 g/mol. The van der Waals surface area contributed by atoms with Crippen molar-refractivity contribution in [1.29, 1.82) is 0 Å². The Labute approximate surface area is 323 Å². The van der Waals surface area contributed by atoms with Crippen LogP contribution in [0.1, 0.15) is 96.5 Å². The second kappa shape index (κ2) is 17.0. The number of benzene rings is 2. The van der Waals surface area contributed by atoms with Crippen LogP contribution in [0.2, 0.25) is 0 Å². The number of carbonyl (C=O) groups is 4. The molecule has 302 valence electrons. The van der Waals surface area contributed by atoms with E-state index in [4.69, 9.17) is 24.8 Å². The monoisotopic (exact) mass is 796 g/mol. The number of carbonyl (C=O) groups excluding carboxylic acids is 4. The minimum atomic E-state index is -4.93. The number of aryl methyl sites for hydroxylation is 1. The van der Waals surface area contributed by atoms with Crippen LogP contribution in [-0.2, 0) is 51.7 Å². The van der Waals surface area contributed by atoms with Crippen LogP contribution in [0.3, 0.4) is 0 Å². The summed E-state index contributed by atoms with van der Waals surface area (Å²) in [6.07, 6.45) is 2.42. The summed E-state index contributed by atoms with van der Waals surface area (Å²) in [6.45, 7) is 10.5. The van der Waals surface area contributed by atoms with E-state index in [9.17, 15) is 38.6 Å². The van der Waals surface area contributed by atoms with Gasteiger partial charge in [-0.3, -0.25) is 24.2 Å². The standard InChI is InChI=1S/C38H49N6O11P/c1-6-7-11-28-41-33-34(43(28)21-23-9-8-10-27(35(23)49)55-56(50,51)52)25-20-24(12-13-26(25)40-36(33)39)37(2,3)18-19-53-22-38(4,5)42-29(45)14-17-32(48)54-44-30(46)15-16-31(44)47/h8-10,12-13,20,49H,6-7,11,14-19,21-22H2,1-5H3,(H2,39,40)(H,42,45)(H2,50,51,52). The molecule has 0 saturated carbocycles. The molecule has 1 aliphatic rings. The number of phenols is 1. The van der Waals surface area contributed by atoms with E-state index in [2.05, 4.69) is 31.1 Å². The van der Waals surface area contributed by atoms with Crippen LogP contribution in [-0.4, -0.2) is 76.9 Å². The first-order chi connectivity index (χ1) is 26.3. The van der Waals surface area contributed by atoms with Crippen molar-refractivity contribution in [3.05, 3.63) is 53.3 Å². The number of nitrogens with one attached hydrogen (secondary N) is 1. The maximum atomic E-state index is 12.6. The predicted molar refractivity (Wildman–Crippen MR) is 205 cm³/mol. The van der Waals surface area contributed by atoms with Crippen LogP contribution in [0, 0.1) is 0 Å². The summed E-state index contributed by atoms with van der Waals surface area (Å²) in [4.78, 5) is 81.1. The number of hydrogen-bond acceptors (Lipinski definition) is 12. The number of hydroxylamine groups is 2. The highest BCUT2D eigenvalue weighted by atomic mass is 31.2. The molecular formula is C38H49N6O11P. The highest BCUT2D eigenvalue weighted by Gasteiger charge is 2.33. The summed E-state index contributed by atoms with van der Waals surface area (Å²) in [5.41, 5.74) is 8.49. The van der Waals surface area contributed by atoms with Crippen molar-refractivity contribution in [2.24, 2.45) is 0 Å². The minimum absolute atomic E-state index is 0.0164. The minimum Gasteiger partial charge on any atom is -0.504 e. The quantitative estimate of drug-likeness (QED) is 0.0521. The zero-order valence-electron chi connectivity index (χ0n) is 32.2. The first-order valence-corrected chi connectivity index (χ1v) is 19.9. The molecule has 0 radical (unpaired) electrons. The predicted octanol–water partition coefficient (Wildman–Crippen LogP) is 4.70. The van der Waals surface area contributed by atoms with E-state index >= 15 is 0 Å². The van der Waals surface area contributed by atoms with Gasteiger partial charge in [0.15, 0.2) is 17.3 Å². The molecule has 3 amide bonds. The van der Waals surface area contributed by atoms with Crippen LogP contribution in [0.5, 0.6) is 11.5 Å². The lowest BCUT2D eigenvalue weighted by Gasteiger charge is -2.29. The number of unbranched alkanes of at least 4 members (excludes halogenated alkanes) is 1. The number of rotatable bonds is 18. The van der Waals surface area contributed by atoms with Crippen molar-refractivity contribution in [2.45, 2.75) is 103 Å². The molecule has 17 nitrogen and oxygen atoms in total. The van der Waals surface area contributed by atoms with Gasteiger partial charge in [0.2, 0.25) is 5.91 Å². The maximum absolute atomic E-state index is 12.6. The summed E-state index contributed by atoms with van der Waals surface area (Å²) in [6, 6.07) is 10.4. The van der Waals surface area contributed by atoms with Crippen molar-refractivity contribution in [3.8, 4) is 11.5 Å². The molecule has 0 unspecified atom stereocenters. The topological polar surface area (TPSA) is 246 Å². The Kier molecular flexibility index (Phi) is 12.7. The largest absolute Gasteiger partial charge is 0.524 e. The number of aromatic hydroxyl groups is 1. The zero-order valence-corrected chi connectivity index (χ0v) is 33.1. The van der Waals surface area contributed by atoms with Gasteiger partial charge in [-0.25, -0.2) is 19.3 Å². The number of para-hydroxylation sites is 1. The number of pyridine rings is 1. The number of anilines is 1. The number of phosphoric ester groups is 1. The number of imide groups is 1. The number of amides is 3. The number of phosphoric acid groups is 1. The van der Waals surface area contributed by atoms with Crippen molar-refractivity contribution in [2.75, 3.05) is 18.9 Å². The average Bonchev–Trinajstić information content (AvgIpc) is 3.64. The van der Waals surface area contributed by atoms with Crippen molar-refractivity contribution in [1.82, 2.24) is 24.9 Å². The molecule has 2 aromatic carbocycles. The molecule has 5 rings (SSSR count). The number of fused-ring (bicyclic) bond motifs is 3. The molecule has 0 bridgehead atoms. The average molecular weight is 797 g/mol. The van der Waals surface area contributed by atoms with E-state index in [1.54, 1.807) is 26.0 Å². The number of phenolic OH excluding ortho intramolecular Hbond substituents is 1. The molecule has 1 fully saturated rings. The van der Waals surface area contributed by atoms with Gasteiger partial charge in [0, 0.05) is 43.2 Å². The smallest absolute Gasteiger partial charge is 0.504 e. The van der Waals surface area contributed by atoms with Gasteiger partial charge in [-0.15, -0.1) is 5.06 Å². The van der Waals surface area contributed by atoms with Gasteiger partial charge >= 0.3 is 13.8 Å². The van der Waals surface area contributed by atoms with Gasteiger partial charge in [0.05, 0.1) is 36.1 Å².